The van der Waals surface area contributed by atoms with Gasteiger partial charge in [0.05, 0.1) is 6.04 Å². The van der Waals surface area contributed by atoms with Gasteiger partial charge in [-0.3, -0.25) is 4.79 Å². The minimum atomic E-state index is -0.362. The summed E-state index contributed by atoms with van der Waals surface area (Å²) in [4.78, 5) is 14.2. The molecule has 1 aliphatic heterocycles. The number of ether oxygens (including phenoxy) is 1. The van der Waals surface area contributed by atoms with E-state index in [0.29, 0.717) is 0 Å². The highest BCUT2D eigenvalue weighted by atomic mass is 35.5. The maximum absolute atomic E-state index is 12.3. The van der Waals surface area contributed by atoms with Crippen molar-refractivity contribution in [3.63, 3.8) is 0 Å². The van der Waals surface area contributed by atoms with Gasteiger partial charge in [0.1, 0.15) is 11.9 Å². The Kier molecular flexibility index (Phi) is 8.95. The molecule has 1 fully saturated rings. The van der Waals surface area contributed by atoms with E-state index in [0.717, 1.165) is 49.4 Å². The van der Waals surface area contributed by atoms with Gasteiger partial charge in [-0.1, -0.05) is 12.1 Å². The van der Waals surface area contributed by atoms with Crippen LogP contribution in [-0.2, 0) is 4.79 Å². The standard InChI is InChI=1S/C18H28N2O2S.ClH/c1-13-4-5-14(2)17(12-13)22-15-6-9-20(10-7-15)18(21)16(19)8-11-23-3;/h4-5,12,15-16H,6-11,19H2,1-3H3;1H. The Morgan fingerprint density at radius 2 is 2.04 bits per heavy atom. The number of nitrogens with two attached hydrogens (primary N) is 1. The average molecular weight is 373 g/mol. The monoisotopic (exact) mass is 372 g/mol. The highest BCUT2D eigenvalue weighted by Crippen LogP contribution is 2.24. The fraction of sp³-hybridized carbons (Fsp3) is 0.611. The predicted octanol–water partition coefficient (Wildman–Crippen LogP) is 3.18. The van der Waals surface area contributed by atoms with Gasteiger partial charge in [0.25, 0.3) is 0 Å². The molecule has 1 aromatic rings. The van der Waals surface area contributed by atoms with Crippen LogP contribution in [0.2, 0.25) is 0 Å². The molecule has 6 heteroatoms. The molecule has 0 aromatic heterocycles. The summed E-state index contributed by atoms with van der Waals surface area (Å²) in [5.41, 5.74) is 8.36. The van der Waals surface area contributed by atoms with Crippen LogP contribution in [0.5, 0.6) is 5.75 Å². The van der Waals surface area contributed by atoms with Crippen LogP contribution in [0, 0.1) is 13.8 Å². The number of hydrogen-bond donors (Lipinski definition) is 1. The molecule has 136 valence electrons. The number of carbonyl (C=O) groups excluding carboxylic acids is 1. The van der Waals surface area contributed by atoms with Gasteiger partial charge >= 0.3 is 0 Å². The van der Waals surface area contributed by atoms with Crippen molar-refractivity contribution in [3.8, 4) is 5.75 Å². The van der Waals surface area contributed by atoms with E-state index in [1.165, 1.54) is 5.56 Å². The van der Waals surface area contributed by atoms with E-state index in [2.05, 4.69) is 32.0 Å². The number of aryl methyl sites for hydroxylation is 2. The van der Waals surface area contributed by atoms with Crippen LogP contribution in [0.15, 0.2) is 18.2 Å². The van der Waals surface area contributed by atoms with E-state index in [9.17, 15) is 4.79 Å². The third kappa shape index (κ3) is 5.87. The minimum absolute atomic E-state index is 0. The lowest BCUT2D eigenvalue weighted by molar-refractivity contribution is -0.134. The number of likely N-dealkylation sites (tertiary alicyclic amines) is 1. The molecule has 1 unspecified atom stereocenters. The lowest BCUT2D eigenvalue weighted by Gasteiger charge is -2.34. The summed E-state index contributed by atoms with van der Waals surface area (Å²) in [5, 5.41) is 0. The number of piperidine rings is 1. The van der Waals surface area contributed by atoms with Gasteiger partial charge in [-0.15, -0.1) is 12.4 Å². The number of thioether (sulfide) groups is 1. The van der Waals surface area contributed by atoms with Gasteiger partial charge < -0.3 is 15.4 Å². The van der Waals surface area contributed by atoms with Crippen LogP contribution in [0.3, 0.4) is 0 Å². The molecule has 1 atom stereocenters. The average Bonchev–Trinajstić information content (AvgIpc) is 2.56. The van der Waals surface area contributed by atoms with Gasteiger partial charge in [0, 0.05) is 25.9 Å². The van der Waals surface area contributed by atoms with Gasteiger partial charge in [-0.25, -0.2) is 0 Å². The van der Waals surface area contributed by atoms with Crippen molar-refractivity contribution >= 4 is 30.1 Å². The number of hydrogen-bond acceptors (Lipinski definition) is 4. The highest BCUT2D eigenvalue weighted by Gasteiger charge is 2.27. The molecule has 1 aromatic carbocycles. The molecule has 0 spiro atoms. The molecule has 24 heavy (non-hydrogen) atoms. The van der Waals surface area contributed by atoms with Crippen LogP contribution in [-0.4, -0.2) is 48.1 Å². The van der Waals surface area contributed by atoms with Crippen LogP contribution >= 0.6 is 24.2 Å². The molecule has 1 amide bonds. The van der Waals surface area contributed by atoms with Gasteiger partial charge in [-0.2, -0.15) is 11.8 Å². The summed E-state index contributed by atoms with van der Waals surface area (Å²) < 4.78 is 6.15. The largest absolute Gasteiger partial charge is 0.490 e. The number of rotatable bonds is 6. The first kappa shape index (κ1) is 21.1. The maximum atomic E-state index is 12.3. The maximum Gasteiger partial charge on any atom is 0.239 e. The quantitative estimate of drug-likeness (QED) is 0.833. The number of nitrogens with zero attached hydrogens (tertiary/aromatic N) is 1. The fourth-order valence-electron chi connectivity index (χ4n) is 2.81. The van der Waals surface area contributed by atoms with E-state index in [1.807, 2.05) is 11.2 Å². The number of carbonyl (C=O) groups is 1. The Balaban J connectivity index is 0.00000288. The first-order valence-electron chi connectivity index (χ1n) is 8.28. The first-order chi connectivity index (χ1) is 11.0. The van der Waals surface area contributed by atoms with Crippen molar-refractivity contribution in [2.75, 3.05) is 25.1 Å². The molecule has 0 saturated carbocycles. The Hall–Kier alpha value is -0.910. The van der Waals surface area contributed by atoms with Crippen LogP contribution < -0.4 is 10.5 Å². The summed E-state index contributed by atoms with van der Waals surface area (Å²) >= 11 is 1.73. The van der Waals surface area contributed by atoms with Crippen molar-refractivity contribution in [1.82, 2.24) is 4.90 Å². The second-order valence-corrected chi connectivity index (χ2v) is 7.29. The summed E-state index contributed by atoms with van der Waals surface area (Å²) in [6, 6.07) is 5.91. The zero-order valence-corrected chi connectivity index (χ0v) is 16.4. The lowest BCUT2D eigenvalue weighted by atomic mass is 10.1. The SMILES string of the molecule is CSCCC(N)C(=O)N1CCC(Oc2cc(C)ccc2C)CC1.Cl. The van der Waals surface area contributed by atoms with Crippen LogP contribution in [0.4, 0.5) is 0 Å². The Morgan fingerprint density at radius 1 is 1.38 bits per heavy atom. The fourth-order valence-corrected chi connectivity index (χ4v) is 3.30. The third-order valence-electron chi connectivity index (χ3n) is 4.34. The van der Waals surface area contributed by atoms with Crippen molar-refractivity contribution in [1.29, 1.82) is 0 Å². The van der Waals surface area contributed by atoms with Crippen molar-refractivity contribution in [3.05, 3.63) is 29.3 Å². The summed E-state index contributed by atoms with van der Waals surface area (Å²) in [6.07, 6.45) is 4.71. The van der Waals surface area contributed by atoms with Gasteiger partial charge in [-0.05, 0) is 49.5 Å². The molecule has 2 rings (SSSR count). The van der Waals surface area contributed by atoms with Gasteiger partial charge in [0.15, 0.2) is 0 Å². The summed E-state index contributed by atoms with van der Waals surface area (Å²) in [6.45, 7) is 5.62. The second kappa shape index (κ2) is 10.2. The molecule has 0 radical (unpaired) electrons. The molecule has 2 N–H and O–H groups in total. The summed E-state index contributed by atoms with van der Waals surface area (Å²) in [7, 11) is 0. The van der Waals surface area contributed by atoms with Gasteiger partial charge in [0.2, 0.25) is 5.91 Å². The number of amides is 1. The topological polar surface area (TPSA) is 55.6 Å². The molecule has 1 saturated heterocycles. The predicted molar refractivity (Wildman–Crippen MR) is 104 cm³/mol. The molecule has 1 aliphatic rings. The van der Waals surface area contributed by atoms with Crippen molar-refractivity contribution in [2.24, 2.45) is 5.73 Å². The smallest absolute Gasteiger partial charge is 0.239 e. The van der Waals surface area contributed by atoms with E-state index < -0.39 is 0 Å². The zero-order chi connectivity index (χ0) is 16.8. The normalized spacial score (nSPS) is 16.4. The number of halogens is 1. The van der Waals surface area contributed by atoms with Crippen molar-refractivity contribution in [2.45, 2.75) is 45.3 Å². The van der Waals surface area contributed by atoms with Crippen LogP contribution in [0.25, 0.3) is 0 Å². The summed E-state index contributed by atoms with van der Waals surface area (Å²) in [5.74, 6) is 1.98. The van der Waals surface area contributed by atoms with E-state index >= 15 is 0 Å². The van der Waals surface area contributed by atoms with Crippen LogP contribution in [0.1, 0.15) is 30.4 Å². The van der Waals surface area contributed by atoms with E-state index in [4.69, 9.17) is 10.5 Å². The Bertz CT molecular complexity index is 534. The Labute approximate surface area is 155 Å². The van der Waals surface area contributed by atoms with E-state index in [1.54, 1.807) is 11.8 Å². The zero-order valence-electron chi connectivity index (χ0n) is 14.8. The lowest BCUT2D eigenvalue weighted by Crippen LogP contribution is -2.48. The van der Waals surface area contributed by atoms with E-state index in [-0.39, 0.29) is 30.5 Å². The van der Waals surface area contributed by atoms with Crippen molar-refractivity contribution < 1.29 is 9.53 Å². The Morgan fingerprint density at radius 3 is 2.67 bits per heavy atom. The highest BCUT2D eigenvalue weighted by molar-refractivity contribution is 7.98. The molecule has 0 bridgehead atoms. The molecular formula is C18H29ClN2O2S. The molecule has 0 aliphatic carbocycles. The first-order valence-corrected chi connectivity index (χ1v) is 9.68. The molecule has 1 heterocycles. The minimum Gasteiger partial charge on any atom is -0.490 e. The molecule has 4 nitrogen and oxygen atoms in total. The molecular weight excluding hydrogens is 344 g/mol. The third-order valence-corrected chi connectivity index (χ3v) is 4.99. The second-order valence-electron chi connectivity index (χ2n) is 6.30. The number of benzene rings is 1.